The fourth-order valence-electron chi connectivity index (χ4n) is 4.09. The maximum atomic E-state index is 13.5. The summed E-state index contributed by atoms with van der Waals surface area (Å²) in [5.41, 5.74) is 4.79. The van der Waals surface area contributed by atoms with Gasteiger partial charge in [-0.2, -0.15) is 5.10 Å². The average Bonchev–Trinajstić information content (AvgIpc) is 3.39. The Kier molecular flexibility index (Phi) is 5.19. The number of H-pyrrole nitrogens is 1. The molecule has 0 bridgehead atoms. The van der Waals surface area contributed by atoms with Crippen molar-refractivity contribution in [3.8, 4) is 22.8 Å². The van der Waals surface area contributed by atoms with Crippen LogP contribution in [-0.2, 0) is 0 Å². The highest BCUT2D eigenvalue weighted by molar-refractivity contribution is 9.10. The number of benzene rings is 3. The Bertz CT molecular complexity index is 1270. The minimum Gasteiger partial charge on any atom is -0.497 e. The van der Waals surface area contributed by atoms with E-state index in [1.54, 1.807) is 14.2 Å². The molecule has 1 amide bonds. The molecule has 1 atom stereocenters. The minimum absolute atomic E-state index is 0.115. The molecule has 0 spiro atoms. The van der Waals surface area contributed by atoms with E-state index in [0.29, 0.717) is 5.69 Å². The van der Waals surface area contributed by atoms with E-state index < -0.39 is 0 Å². The van der Waals surface area contributed by atoms with Crippen LogP contribution in [0.4, 0.5) is 5.69 Å². The lowest BCUT2D eigenvalue weighted by Gasteiger charge is -2.26. The van der Waals surface area contributed by atoms with Crippen molar-refractivity contribution in [2.24, 2.45) is 0 Å². The van der Waals surface area contributed by atoms with Crippen molar-refractivity contribution in [2.75, 3.05) is 19.1 Å². The molecule has 3 aromatic carbocycles. The van der Waals surface area contributed by atoms with E-state index >= 15 is 0 Å². The molecule has 5 rings (SSSR count). The summed E-state index contributed by atoms with van der Waals surface area (Å²) in [4.78, 5) is 15.3. The van der Waals surface area contributed by atoms with Crippen LogP contribution < -0.4 is 14.4 Å². The highest BCUT2D eigenvalue weighted by Gasteiger charge is 2.43. The maximum absolute atomic E-state index is 13.5. The van der Waals surface area contributed by atoms with Gasteiger partial charge in [-0.3, -0.25) is 14.8 Å². The normalized spacial score (nSPS) is 15.0. The number of methoxy groups -OCH3 is 2. The topological polar surface area (TPSA) is 67.5 Å². The van der Waals surface area contributed by atoms with Crippen molar-refractivity contribution in [2.45, 2.75) is 6.04 Å². The van der Waals surface area contributed by atoms with E-state index in [-0.39, 0.29) is 11.9 Å². The molecule has 0 saturated heterocycles. The van der Waals surface area contributed by atoms with Crippen LogP contribution in [-0.4, -0.2) is 30.3 Å². The van der Waals surface area contributed by atoms with Gasteiger partial charge in [0.05, 0.1) is 26.0 Å². The van der Waals surface area contributed by atoms with Crippen molar-refractivity contribution < 1.29 is 14.3 Å². The van der Waals surface area contributed by atoms with Crippen molar-refractivity contribution >= 4 is 27.5 Å². The Morgan fingerprint density at radius 3 is 2.06 bits per heavy atom. The fourth-order valence-corrected chi connectivity index (χ4v) is 4.35. The zero-order valence-corrected chi connectivity index (χ0v) is 19.1. The third kappa shape index (κ3) is 3.35. The lowest BCUT2D eigenvalue weighted by atomic mass is 9.95. The van der Waals surface area contributed by atoms with E-state index in [1.165, 1.54) is 0 Å². The van der Waals surface area contributed by atoms with Crippen LogP contribution in [0.15, 0.2) is 77.3 Å². The lowest BCUT2D eigenvalue weighted by Crippen LogP contribution is -2.29. The maximum Gasteiger partial charge on any atom is 0.277 e. The van der Waals surface area contributed by atoms with Crippen LogP contribution in [0.1, 0.15) is 27.7 Å². The number of nitrogens with one attached hydrogen (secondary N) is 1. The Balaban J connectivity index is 1.68. The second-order valence-corrected chi connectivity index (χ2v) is 8.33. The summed E-state index contributed by atoms with van der Waals surface area (Å²) in [5, 5.41) is 7.51. The summed E-state index contributed by atoms with van der Waals surface area (Å²) in [5.74, 6) is 1.41. The lowest BCUT2D eigenvalue weighted by molar-refractivity contribution is 0.0989. The number of hydrogen-bond donors (Lipinski definition) is 1. The molecule has 2 heterocycles. The van der Waals surface area contributed by atoms with Crippen molar-refractivity contribution in [1.82, 2.24) is 10.2 Å². The number of ether oxygens (including phenoxy) is 2. The molecule has 32 heavy (non-hydrogen) atoms. The van der Waals surface area contributed by atoms with Gasteiger partial charge in [-0.25, -0.2) is 0 Å². The summed E-state index contributed by atoms with van der Waals surface area (Å²) in [6, 6.07) is 22.9. The largest absolute Gasteiger partial charge is 0.497 e. The molecule has 0 saturated carbocycles. The first-order valence-electron chi connectivity index (χ1n) is 10.1. The van der Waals surface area contributed by atoms with Gasteiger partial charge in [0.1, 0.15) is 17.2 Å². The minimum atomic E-state index is -0.333. The first-order valence-corrected chi connectivity index (χ1v) is 10.9. The zero-order chi connectivity index (χ0) is 22.2. The van der Waals surface area contributed by atoms with Crippen LogP contribution >= 0.6 is 15.9 Å². The van der Waals surface area contributed by atoms with E-state index in [9.17, 15) is 4.79 Å². The smallest absolute Gasteiger partial charge is 0.277 e. The third-order valence-electron chi connectivity index (χ3n) is 5.67. The Morgan fingerprint density at radius 2 is 1.47 bits per heavy atom. The van der Waals surface area contributed by atoms with Gasteiger partial charge in [0.2, 0.25) is 0 Å². The summed E-state index contributed by atoms with van der Waals surface area (Å²) in [6.45, 7) is 0. The van der Waals surface area contributed by atoms with Crippen molar-refractivity contribution in [3.63, 3.8) is 0 Å². The van der Waals surface area contributed by atoms with Gasteiger partial charge in [0, 0.05) is 21.3 Å². The molecule has 160 valence electrons. The second-order valence-electron chi connectivity index (χ2n) is 7.42. The molecule has 4 aromatic rings. The van der Waals surface area contributed by atoms with Crippen LogP contribution in [0, 0.1) is 0 Å². The molecule has 7 heteroatoms. The predicted molar refractivity (Wildman–Crippen MR) is 126 cm³/mol. The molecule has 0 radical (unpaired) electrons. The second kappa shape index (κ2) is 8.16. The fraction of sp³-hybridized carbons (Fsp3) is 0.120. The summed E-state index contributed by atoms with van der Waals surface area (Å²) in [7, 11) is 3.27. The van der Waals surface area contributed by atoms with Gasteiger partial charge in [0.25, 0.3) is 5.91 Å². The number of fused-ring (bicyclic) bond motifs is 1. The van der Waals surface area contributed by atoms with E-state index in [2.05, 4.69) is 26.1 Å². The van der Waals surface area contributed by atoms with Crippen LogP contribution in [0.5, 0.6) is 11.5 Å². The van der Waals surface area contributed by atoms with Gasteiger partial charge >= 0.3 is 0 Å². The van der Waals surface area contributed by atoms with Gasteiger partial charge in [-0.15, -0.1) is 0 Å². The van der Waals surface area contributed by atoms with Crippen LogP contribution in [0.2, 0.25) is 0 Å². The SMILES string of the molecule is COc1ccc(-c2n[nH]c3c2[C@@H](c2ccc(OC)cc2)N(c2ccc(Br)cc2)C3=O)cc1. The molecule has 1 aliphatic heterocycles. The first-order chi connectivity index (χ1) is 15.6. The summed E-state index contributed by atoms with van der Waals surface area (Å²) < 4.78 is 11.6. The number of carbonyl (C=O) groups is 1. The van der Waals surface area contributed by atoms with Crippen molar-refractivity contribution in [3.05, 3.63) is 94.1 Å². The molecule has 0 fully saturated rings. The van der Waals surface area contributed by atoms with Gasteiger partial charge in [-0.1, -0.05) is 28.1 Å². The number of nitrogens with zero attached hydrogens (tertiary/aromatic N) is 2. The van der Waals surface area contributed by atoms with Gasteiger partial charge in [-0.05, 0) is 66.2 Å². The number of aromatic nitrogens is 2. The standard InChI is InChI=1S/C25H20BrN3O3/c1-31-19-11-3-15(4-12-19)22-21-23(28-27-22)25(30)29(18-9-7-17(26)8-10-18)24(21)16-5-13-20(32-2)14-6-16/h3-14,24H,1-2H3,(H,27,28)/t24-/m1/s1. The highest BCUT2D eigenvalue weighted by atomic mass is 79.9. The molecule has 1 N–H and O–H groups in total. The number of rotatable bonds is 5. The van der Waals surface area contributed by atoms with E-state index in [1.807, 2.05) is 77.7 Å². The number of carbonyl (C=O) groups excluding carboxylic acids is 1. The van der Waals surface area contributed by atoms with Gasteiger partial charge < -0.3 is 9.47 Å². The Labute approximate surface area is 193 Å². The quantitative estimate of drug-likeness (QED) is 0.395. The molecule has 0 unspecified atom stereocenters. The number of anilines is 1. The highest BCUT2D eigenvalue weighted by Crippen LogP contribution is 2.45. The van der Waals surface area contributed by atoms with Gasteiger partial charge in [0.15, 0.2) is 0 Å². The average molecular weight is 490 g/mol. The molecule has 1 aromatic heterocycles. The Hall–Kier alpha value is -3.58. The van der Waals surface area contributed by atoms with Crippen LogP contribution in [0.25, 0.3) is 11.3 Å². The molecule has 1 aliphatic rings. The predicted octanol–water partition coefficient (Wildman–Crippen LogP) is 5.61. The van der Waals surface area contributed by atoms with E-state index in [4.69, 9.17) is 9.47 Å². The zero-order valence-electron chi connectivity index (χ0n) is 17.5. The monoisotopic (exact) mass is 489 g/mol. The summed E-state index contributed by atoms with van der Waals surface area (Å²) >= 11 is 3.48. The Morgan fingerprint density at radius 1 is 0.875 bits per heavy atom. The number of halogens is 1. The number of aromatic amines is 1. The first kappa shape index (κ1) is 20.3. The summed E-state index contributed by atoms with van der Waals surface area (Å²) in [6.07, 6.45) is 0. The van der Waals surface area contributed by atoms with E-state index in [0.717, 1.165) is 44.0 Å². The number of hydrogen-bond acceptors (Lipinski definition) is 4. The molecular weight excluding hydrogens is 470 g/mol. The van der Waals surface area contributed by atoms with Crippen LogP contribution in [0.3, 0.4) is 0 Å². The third-order valence-corrected chi connectivity index (χ3v) is 6.20. The molecule has 6 nitrogen and oxygen atoms in total. The molecule has 0 aliphatic carbocycles. The number of amides is 1. The van der Waals surface area contributed by atoms with Crippen molar-refractivity contribution in [1.29, 1.82) is 0 Å². The molecular formula is C25H20BrN3O3.